The summed E-state index contributed by atoms with van der Waals surface area (Å²) in [4.78, 5) is 14.2. The van der Waals surface area contributed by atoms with Gasteiger partial charge in [0.25, 0.3) is 0 Å². The van der Waals surface area contributed by atoms with Crippen LogP contribution >= 0.6 is 28.3 Å². The van der Waals surface area contributed by atoms with Crippen LogP contribution in [0.5, 0.6) is 0 Å². The molecular formula is C15H21BrClFN2O. The molecule has 1 amide bonds. The fourth-order valence-corrected chi connectivity index (χ4v) is 2.91. The molecule has 1 fully saturated rings. The number of hydrogen-bond acceptors (Lipinski definition) is 2. The summed E-state index contributed by atoms with van der Waals surface area (Å²) in [5, 5.41) is 3.25. The van der Waals surface area contributed by atoms with E-state index in [2.05, 4.69) is 21.2 Å². The molecule has 1 unspecified atom stereocenters. The van der Waals surface area contributed by atoms with Crippen molar-refractivity contribution in [3.8, 4) is 0 Å². The van der Waals surface area contributed by atoms with Crippen molar-refractivity contribution in [2.24, 2.45) is 0 Å². The number of rotatable bonds is 4. The Kier molecular flexibility index (Phi) is 7.63. The molecule has 21 heavy (non-hydrogen) atoms. The van der Waals surface area contributed by atoms with Crippen LogP contribution in [0.4, 0.5) is 4.39 Å². The summed E-state index contributed by atoms with van der Waals surface area (Å²) in [7, 11) is 0. The molecule has 0 radical (unpaired) electrons. The number of carbonyl (C=O) groups is 1. The van der Waals surface area contributed by atoms with Gasteiger partial charge < -0.3 is 10.2 Å². The van der Waals surface area contributed by atoms with E-state index < -0.39 is 0 Å². The van der Waals surface area contributed by atoms with Crippen LogP contribution < -0.4 is 5.32 Å². The maximum Gasteiger partial charge on any atom is 0.239 e. The van der Waals surface area contributed by atoms with Crippen molar-refractivity contribution < 1.29 is 9.18 Å². The zero-order valence-corrected chi connectivity index (χ0v) is 14.5. The number of likely N-dealkylation sites (N-methyl/N-ethyl adjacent to an activating group) is 1. The minimum atomic E-state index is -0.268. The molecule has 2 rings (SSSR count). The molecule has 0 aliphatic carbocycles. The average Bonchev–Trinajstić information content (AvgIpc) is 2.48. The lowest BCUT2D eigenvalue weighted by Gasteiger charge is -2.29. The Morgan fingerprint density at radius 2 is 2.24 bits per heavy atom. The van der Waals surface area contributed by atoms with Crippen molar-refractivity contribution >= 4 is 34.2 Å². The van der Waals surface area contributed by atoms with E-state index >= 15 is 0 Å². The Hall–Kier alpha value is -0.650. The third-order valence-corrected chi connectivity index (χ3v) is 4.16. The number of carbonyl (C=O) groups excluding carboxylic acids is 1. The first kappa shape index (κ1) is 18.4. The molecule has 1 saturated heterocycles. The van der Waals surface area contributed by atoms with Gasteiger partial charge >= 0.3 is 0 Å². The van der Waals surface area contributed by atoms with E-state index in [9.17, 15) is 9.18 Å². The number of benzene rings is 1. The number of nitrogens with one attached hydrogen (secondary N) is 1. The third kappa shape index (κ3) is 4.94. The summed E-state index contributed by atoms with van der Waals surface area (Å²) in [6.07, 6.45) is 3.07. The number of amides is 1. The minimum Gasteiger partial charge on any atom is -0.337 e. The van der Waals surface area contributed by atoms with Crippen molar-refractivity contribution in [1.29, 1.82) is 0 Å². The number of hydrogen-bond donors (Lipinski definition) is 1. The topological polar surface area (TPSA) is 32.3 Å². The van der Waals surface area contributed by atoms with Gasteiger partial charge in [-0.25, -0.2) is 4.39 Å². The van der Waals surface area contributed by atoms with E-state index in [1.54, 1.807) is 17.0 Å². The van der Waals surface area contributed by atoms with Crippen LogP contribution in [0.2, 0.25) is 0 Å². The molecule has 3 nitrogen and oxygen atoms in total. The lowest BCUT2D eigenvalue weighted by atomic mass is 10.0. The maximum atomic E-state index is 13.8. The Morgan fingerprint density at radius 3 is 2.86 bits per heavy atom. The summed E-state index contributed by atoms with van der Waals surface area (Å²) in [6.45, 7) is 3.72. The molecule has 1 aliphatic rings. The highest BCUT2D eigenvalue weighted by Crippen LogP contribution is 2.18. The van der Waals surface area contributed by atoms with Gasteiger partial charge in [-0.3, -0.25) is 4.79 Å². The second kappa shape index (κ2) is 8.71. The van der Waals surface area contributed by atoms with Gasteiger partial charge in [0.15, 0.2) is 0 Å². The first-order chi connectivity index (χ1) is 9.61. The smallest absolute Gasteiger partial charge is 0.239 e. The van der Waals surface area contributed by atoms with Gasteiger partial charge in [0.1, 0.15) is 5.82 Å². The van der Waals surface area contributed by atoms with Crippen LogP contribution in [-0.4, -0.2) is 29.9 Å². The summed E-state index contributed by atoms with van der Waals surface area (Å²) >= 11 is 3.34. The van der Waals surface area contributed by atoms with Crippen LogP contribution in [0.15, 0.2) is 22.7 Å². The van der Waals surface area contributed by atoms with Gasteiger partial charge in [-0.1, -0.05) is 22.4 Å². The molecule has 6 heteroatoms. The summed E-state index contributed by atoms with van der Waals surface area (Å²) in [5.74, 6) is -0.192. The fourth-order valence-electron chi connectivity index (χ4n) is 2.50. The zero-order chi connectivity index (χ0) is 14.5. The largest absolute Gasteiger partial charge is 0.337 e. The Morgan fingerprint density at radius 1 is 1.48 bits per heavy atom. The Balaban J connectivity index is 0.00000220. The molecule has 1 aliphatic heterocycles. The number of nitrogens with zero attached hydrogens (tertiary/aromatic N) is 1. The van der Waals surface area contributed by atoms with Gasteiger partial charge in [-0.2, -0.15) is 0 Å². The van der Waals surface area contributed by atoms with Crippen molar-refractivity contribution in [3.05, 3.63) is 34.1 Å². The molecular weight excluding hydrogens is 359 g/mol. The van der Waals surface area contributed by atoms with Gasteiger partial charge in [0.2, 0.25) is 5.91 Å². The van der Waals surface area contributed by atoms with Gasteiger partial charge in [0, 0.05) is 23.1 Å². The van der Waals surface area contributed by atoms with Gasteiger partial charge in [-0.15, -0.1) is 12.4 Å². The molecule has 1 aromatic rings. The van der Waals surface area contributed by atoms with Crippen molar-refractivity contribution in [3.63, 3.8) is 0 Å². The monoisotopic (exact) mass is 378 g/mol. The zero-order valence-electron chi connectivity index (χ0n) is 12.1. The number of piperidine rings is 1. The normalized spacial score (nSPS) is 18.0. The third-order valence-electron chi connectivity index (χ3n) is 3.67. The average molecular weight is 380 g/mol. The standard InChI is InChI=1S/C15H20BrFN2O.ClH/c1-2-19(15(20)14-5-3-4-8-18-14)10-11-9-12(16)6-7-13(11)17;/h6-7,9,14,18H,2-5,8,10H2,1H3;1H. The van der Waals surface area contributed by atoms with Crippen LogP contribution in [0.1, 0.15) is 31.7 Å². The fraction of sp³-hybridized carbons (Fsp3) is 0.533. The summed E-state index contributed by atoms with van der Waals surface area (Å²) < 4.78 is 14.6. The molecule has 0 saturated carbocycles. The van der Waals surface area contributed by atoms with E-state index in [-0.39, 0.29) is 30.2 Å². The molecule has 0 spiro atoms. The van der Waals surface area contributed by atoms with E-state index in [1.165, 1.54) is 6.07 Å². The second-order valence-corrected chi connectivity index (χ2v) is 6.01. The van der Waals surface area contributed by atoms with E-state index in [0.29, 0.717) is 18.7 Å². The quantitative estimate of drug-likeness (QED) is 0.868. The first-order valence-corrected chi connectivity index (χ1v) is 7.87. The molecule has 0 aromatic heterocycles. The van der Waals surface area contributed by atoms with E-state index in [1.807, 2.05) is 6.92 Å². The first-order valence-electron chi connectivity index (χ1n) is 7.08. The molecule has 0 bridgehead atoms. The molecule has 1 heterocycles. The summed E-state index contributed by atoms with van der Waals surface area (Å²) in [6, 6.07) is 4.72. The second-order valence-electron chi connectivity index (χ2n) is 5.09. The van der Waals surface area contributed by atoms with Gasteiger partial charge in [0.05, 0.1) is 6.04 Å². The predicted octanol–water partition coefficient (Wildman–Crippen LogP) is 3.50. The lowest BCUT2D eigenvalue weighted by Crippen LogP contribution is -2.48. The van der Waals surface area contributed by atoms with Crippen molar-refractivity contribution in [1.82, 2.24) is 10.2 Å². The lowest BCUT2D eigenvalue weighted by molar-refractivity contribution is -0.134. The molecule has 1 atom stereocenters. The Bertz CT molecular complexity index is 481. The van der Waals surface area contributed by atoms with E-state index in [0.717, 1.165) is 30.3 Å². The molecule has 118 valence electrons. The van der Waals surface area contributed by atoms with Crippen LogP contribution in [0.25, 0.3) is 0 Å². The molecule has 1 aromatic carbocycles. The van der Waals surface area contributed by atoms with Crippen molar-refractivity contribution in [2.45, 2.75) is 38.8 Å². The number of halogens is 3. The Labute approximate surface area is 139 Å². The van der Waals surface area contributed by atoms with Crippen molar-refractivity contribution in [2.75, 3.05) is 13.1 Å². The predicted molar refractivity (Wildman–Crippen MR) is 88.1 cm³/mol. The SMILES string of the molecule is CCN(Cc1cc(Br)ccc1F)C(=O)C1CCCCN1.Cl. The highest BCUT2D eigenvalue weighted by molar-refractivity contribution is 9.10. The highest BCUT2D eigenvalue weighted by atomic mass is 79.9. The van der Waals surface area contributed by atoms with Crippen LogP contribution in [0, 0.1) is 5.82 Å². The minimum absolute atomic E-state index is 0. The van der Waals surface area contributed by atoms with Gasteiger partial charge in [-0.05, 0) is 44.5 Å². The molecule has 1 N–H and O–H groups in total. The maximum absolute atomic E-state index is 13.8. The van der Waals surface area contributed by atoms with E-state index in [4.69, 9.17) is 0 Å². The highest BCUT2D eigenvalue weighted by Gasteiger charge is 2.25. The van der Waals surface area contributed by atoms with Crippen LogP contribution in [-0.2, 0) is 11.3 Å². The van der Waals surface area contributed by atoms with Crippen LogP contribution in [0.3, 0.4) is 0 Å². The summed E-state index contributed by atoms with van der Waals surface area (Å²) in [5.41, 5.74) is 0.547.